The van der Waals surface area contributed by atoms with E-state index in [-0.39, 0.29) is 0 Å². The Labute approximate surface area is 148 Å². The molecule has 1 saturated heterocycles. The average molecular weight is 335 g/mol. The van der Waals surface area contributed by atoms with Crippen LogP contribution in [-0.2, 0) is 6.54 Å². The van der Waals surface area contributed by atoms with E-state index in [1.165, 1.54) is 11.4 Å². The van der Waals surface area contributed by atoms with Crippen molar-refractivity contribution in [1.29, 1.82) is 0 Å². The molecule has 4 rings (SSSR count). The van der Waals surface area contributed by atoms with E-state index in [9.17, 15) is 0 Å². The number of likely N-dealkylation sites (N-methyl/N-ethyl adjacent to an activating group) is 1. The number of aromatic nitrogens is 2. The maximum atomic E-state index is 5.87. The van der Waals surface area contributed by atoms with Gasteiger partial charge in [-0.15, -0.1) is 0 Å². The quantitative estimate of drug-likeness (QED) is 0.748. The van der Waals surface area contributed by atoms with Crippen molar-refractivity contribution in [3.8, 4) is 11.3 Å². The number of pyridine rings is 1. The van der Waals surface area contributed by atoms with Crippen LogP contribution in [0.1, 0.15) is 11.4 Å². The highest BCUT2D eigenvalue weighted by molar-refractivity contribution is 5.68. The molecule has 0 radical (unpaired) electrons. The van der Waals surface area contributed by atoms with Crippen molar-refractivity contribution in [1.82, 2.24) is 19.2 Å². The molecule has 0 bridgehead atoms. The SMILES string of the molecule is Cc1cccc2nc(-c3ccc(N)cc3)c(CN3CCN(C)CC3)n12. The summed E-state index contributed by atoms with van der Waals surface area (Å²) in [7, 11) is 2.19. The molecule has 25 heavy (non-hydrogen) atoms. The summed E-state index contributed by atoms with van der Waals surface area (Å²) in [6.07, 6.45) is 0. The van der Waals surface area contributed by atoms with Gasteiger partial charge < -0.3 is 10.6 Å². The maximum Gasteiger partial charge on any atom is 0.137 e. The number of nitrogen functional groups attached to an aromatic ring is 1. The Hall–Kier alpha value is -2.37. The number of nitrogens with zero attached hydrogens (tertiary/aromatic N) is 4. The van der Waals surface area contributed by atoms with Gasteiger partial charge in [0.1, 0.15) is 5.65 Å². The predicted molar refractivity (Wildman–Crippen MR) is 103 cm³/mol. The first-order valence-electron chi connectivity index (χ1n) is 8.85. The zero-order chi connectivity index (χ0) is 17.4. The van der Waals surface area contributed by atoms with Crippen molar-refractivity contribution in [2.45, 2.75) is 13.5 Å². The lowest BCUT2D eigenvalue weighted by Crippen LogP contribution is -2.44. The molecule has 0 spiro atoms. The number of piperazine rings is 1. The van der Waals surface area contributed by atoms with Crippen LogP contribution in [0, 0.1) is 6.92 Å². The minimum Gasteiger partial charge on any atom is -0.399 e. The zero-order valence-corrected chi connectivity index (χ0v) is 14.9. The van der Waals surface area contributed by atoms with Gasteiger partial charge in [0.15, 0.2) is 0 Å². The first-order chi connectivity index (χ1) is 12.1. The molecule has 0 amide bonds. The lowest BCUT2D eigenvalue weighted by Gasteiger charge is -2.32. The topological polar surface area (TPSA) is 49.8 Å². The van der Waals surface area contributed by atoms with Crippen molar-refractivity contribution in [2.75, 3.05) is 39.0 Å². The molecule has 3 heterocycles. The lowest BCUT2D eigenvalue weighted by molar-refractivity contribution is 0.146. The third kappa shape index (κ3) is 3.13. The first kappa shape index (κ1) is 16.1. The van der Waals surface area contributed by atoms with Crippen LogP contribution in [0.4, 0.5) is 5.69 Å². The van der Waals surface area contributed by atoms with Crippen molar-refractivity contribution in [3.63, 3.8) is 0 Å². The monoisotopic (exact) mass is 335 g/mol. The lowest BCUT2D eigenvalue weighted by atomic mass is 10.1. The summed E-state index contributed by atoms with van der Waals surface area (Å²) < 4.78 is 2.30. The van der Waals surface area contributed by atoms with Crippen LogP contribution in [0.2, 0.25) is 0 Å². The number of benzene rings is 1. The Kier molecular flexibility index (Phi) is 4.19. The molecule has 2 N–H and O–H groups in total. The number of aryl methyl sites for hydroxylation is 1. The molecule has 0 saturated carbocycles. The average Bonchev–Trinajstić information content (AvgIpc) is 2.97. The summed E-state index contributed by atoms with van der Waals surface area (Å²) in [4.78, 5) is 9.85. The highest BCUT2D eigenvalue weighted by atomic mass is 15.3. The molecule has 3 aromatic rings. The number of anilines is 1. The van der Waals surface area contributed by atoms with E-state index in [1.807, 2.05) is 12.1 Å². The summed E-state index contributed by atoms with van der Waals surface area (Å²) in [5.41, 5.74) is 12.3. The Morgan fingerprint density at radius 1 is 1.00 bits per heavy atom. The van der Waals surface area contributed by atoms with Crippen LogP contribution in [0.3, 0.4) is 0 Å². The van der Waals surface area contributed by atoms with Gasteiger partial charge in [0, 0.05) is 49.7 Å². The van der Waals surface area contributed by atoms with Gasteiger partial charge in [-0.2, -0.15) is 0 Å². The fraction of sp³-hybridized carbons (Fsp3) is 0.350. The number of hydrogen-bond donors (Lipinski definition) is 1. The molecule has 1 aromatic carbocycles. The molecular formula is C20H25N5. The maximum absolute atomic E-state index is 5.87. The summed E-state index contributed by atoms with van der Waals surface area (Å²) >= 11 is 0. The van der Waals surface area contributed by atoms with Crippen LogP contribution in [0.5, 0.6) is 0 Å². The van der Waals surface area contributed by atoms with Crippen LogP contribution in [0.15, 0.2) is 42.5 Å². The molecule has 1 aliphatic heterocycles. The summed E-state index contributed by atoms with van der Waals surface area (Å²) in [5.74, 6) is 0. The molecule has 130 valence electrons. The summed E-state index contributed by atoms with van der Waals surface area (Å²) in [6.45, 7) is 7.49. The van der Waals surface area contributed by atoms with Gasteiger partial charge in [0.25, 0.3) is 0 Å². The fourth-order valence-electron chi connectivity index (χ4n) is 3.56. The van der Waals surface area contributed by atoms with E-state index in [1.54, 1.807) is 0 Å². The Bertz CT molecular complexity index is 873. The van der Waals surface area contributed by atoms with Crippen molar-refractivity contribution >= 4 is 11.3 Å². The van der Waals surface area contributed by atoms with Crippen LogP contribution in [-0.4, -0.2) is 52.4 Å². The number of rotatable bonds is 3. The van der Waals surface area contributed by atoms with E-state index >= 15 is 0 Å². The Morgan fingerprint density at radius 3 is 2.44 bits per heavy atom. The van der Waals surface area contributed by atoms with Gasteiger partial charge >= 0.3 is 0 Å². The van der Waals surface area contributed by atoms with E-state index in [0.717, 1.165) is 55.3 Å². The third-order valence-corrected chi connectivity index (χ3v) is 5.09. The van der Waals surface area contributed by atoms with Crippen molar-refractivity contribution in [2.24, 2.45) is 0 Å². The molecule has 1 fully saturated rings. The van der Waals surface area contributed by atoms with Gasteiger partial charge in [-0.25, -0.2) is 4.98 Å². The molecule has 0 aliphatic carbocycles. The van der Waals surface area contributed by atoms with Crippen LogP contribution >= 0.6 is 0 Å². The van der Waals surface area contributed by atoms with E-state index < -0.39 is 0 Å². The molecule has 0 unspecified atom stereocenters. The number of hydrogen-bond acceptors (Lipinski definition) is 4. The highest BCUT2D eigenvalue weighted by Crippen LogP contribution is 2.27. The highest BCUT2D eigenvalue weighted by Gasteiger charge is 2.20. The Morgan fingerprint density at radius 2 is 1.72 bits per heavy atom. The zero-order valence-electron chi connectivity index (χ0n) is 14.9. The number of nitrogens with two attached hydrogens (primary N) is 1. The molecule has 2 aromatic heterocycles. The second kappa shape index (κ2) is 6.50. The second-order valence-electron chi connectivity index (χ2n) is 6.97. The molecule has 5 nitrogen and oxygen atoms in total. The summed E-state index contributed by atoms with van der Waals surface area (Å²) in [6, 6.07) is 14.3. The largest absolute Gasteiger partial charge is 0.399 e. The normalized spacial score (nSPS) is 16.6. The molecular weight excluding hydrogens is 310 g/mol. The minimum absolute atomic E-state index is 0.782. The van der Waals surface area contributed by atoms with Gasteiger partial charge in [0.2, 0.25) is 0 Å². The van der Waals surface area contributed by atoms with Gasteiger partial charge in [-0.1, -0.05) is 18.2 Å². The van der Waals surface area contributed by atoms with Crippen LogP contribution < -0.4 is 5.73 Å². The van der Waals surface area contributed by atoms with Gasteiger partial charge in [-0.05, 0) is 38.2 Å². The van der Waals surface area contributed by atoms with Crippen molar-refractivity contribution < 1.29 is 0 Å². The predicted octanol–water partition coefficient (Wildman–Crippen LogP) is 2.64. The van der Waals surface area contributed by atoms with Gasteiger partial charge in [-0.3, -0.25) is 9.30 Å². The van der Waals surface area contributed by atoms with E-state index in [2.05, 4.69) is 58.5 Å². The minimum atomic E-state index is 0.782. The standard InChI is InChI=1S/C20H25N5/c1-15-4-3-5-19-22-20(16-6-8-17(21)9-7-16)18(25(15)19)14-24-12-10-23(2)11-13-24/h3-9H,10-14,21H2,1-2H3. The fourth-order valence-corrected chi connectivity index (χ4v) is 3.56. The number of imidazole rings is 1. The second-order valence-corrected chi connectivity index (χ2v) is 6.97. The Balaban J connectivity index is 1.79. The molecule has 1 aliphatic rings. The molecule has 0 atom stereocenters. The van der Waals surface area contributed by atoms with Gasteiger partial charge in [0.05, 0.1) is 11.4 Å². The van der Waals surface area contributed by atoms with Crippen LogP contribution in [0.25, 0.3) is 16.9 Å². The van der Waals surface area contributed by atoms with E-state index in [4.69, 9.17) is 10.7 Å². The first-order valence-corrected chi connectivity index (χ1v) is 8.85. The smallest absolute Gasteiger partial charge is 0.137 e. The summed E-state index contributed by atoms with van der Waals surface area (Å²) in [5, 5.41) is 0. The third-order valence-electron chi connectivity index (χ3n) is 5.09. The van der Waals surface area contributed by atoms with Crippen molar-refractivity contribution in [3.05, 3.63) is 53.9 Å². The molecule has 5 heteroatoms. The van der Waals surface area contributed by atoms with E-state index in [0.29, 0.717) is 0 Å². The number of fused-ring (bicyclic) bond motifs is 1.